The van der Waals surface area contributed by atoms with E-state index in [1.165, 1.54) is 12.1 Å². The number of nitrogens with zero attached hydrogens (tertiary/aromatic N) is 1. The number of carbonyl (C=O) groups excluding carboxylic acids is 1. The van der Waals surface area contributed by atoms with Gasteiger partial charge in [-0.05, 0) is 30.5 Å². The second-order valence-corrected chi connectivity index (χ2v) is 3.98. The average molecular weight is 236 g/mol. The van der Waals surface area contributed by atoms with Gasteiger partial charge in [0.05, 0.1) is 5.41 Å². The zero-order valence-electron chi connectivity index (χ0n) is 9.44. The molecule has 1 N–H and O–H groups in total. The van der Waals surface area contributed by atoms with Gasteiger partial charge in [0.25, 0.3) is 0 Å². The molecule has 0 heterocycles. The van der Waals surface area contributed by atoms with Crippen molar-refractivity contribution in [1.29, 1.82) is 0 Å². The van der Waals surface area contributed by atoms with Crippen molar-refractivity contribution in [2.45, 2.75) is 18.3 Å². The van der Waals surface area contributed by atoms with E-state index in [4.69, 9.17) is 0 Å². The van der Waals surface area contributed by atoms with Gasteiger partial charge in [-0.2, -0.15) is 0 Å². The Balaban J connectivity index is 2.23. The molecule has 0 aliphatic heterocycles. The fraction of sp³-hybridized carbons (Fsp3) is 0.333. The second-order valence-electron chi connectivity index (χ2n) is 3.98. The summed E-state index contributed by atoms with van der Waals surface area (Å²) < 4.78 is 12.9. The molecular formula is C12H13FN2O2. The maximum atomic E-state index is 12.9. The zero-order valence-corrected chi connectivity index (χ0v) is 9.44. The molecule has 5 heteroatoms. The van der Waals surface area contributed by atoms with E-state index < -0.39 is 0 Å². The van der Waals surface area contributed by atoms with E-state index in [2.05, 4.69) is 15.3 Å². The Kier molecular flexibility index (Phi) is 3.08. The zero-order chi connectivity index (χ0) is 12.3. The molecule has 0 aromatic heterocycles. The maximum Gasteiger partial charge on any atom is 0.320 e. The summed E-state index contributed by atoms with van der Waals surface area (Å²) in [6, 6.07) is 6.30. The Labute approximate surface area is 98.5 Å². The van der Waals surface area contributed by atoms with Crippen LogP contribution in [0.2, 0.25) is 0 Å². The number of rotatable bonds is 4. The summed E-state index contributed by atoms with van der Waals surface area (Å²) in [4.78, 5) is 18.8. The van der Waals surface area contributed by atoms with E-state index in [0.717, 1.165) is 18.4 Å². The standard InChI is InChI=1S/C12H13FN2O2/c1-14-11(15-17-8-16)12(6-7-12)9-2-4-10(13)5-3-9/h2-5,8H,6-7H2,1H3,(H,14,15). The highest BCUT2D eigenvalue weighted by atomic mass is 19.1. The Morgan fingerprint density at radius 3 is 2.59 bits per heavy atom. The van der Waals surface area contributed by atoms with Crippen molar-refractivity contribution in [3.63, 3.8) is 0 Å². The van der Waals surface area contributed by atoms with Crippen molar-refractivity contribution < 1.29 is 14.0 Å². The molecule has 1 aliphatic carbocycles. The number of nitrogens with one attached hydrogen (secondary N) is 1. The van der Waals surface area contributed by atoms with Crippen LogP contribution in [0.1, 0.15) is 18.4 Å². The number of hydrogen-bond acceptors (Lipinski definition) is 3. The largest absolute Gasteiger partial charge is 0.346 e. The molecule has 0 radical (unpaired) electrons. The second kappa shape index (κ2) is 4.53. The lowest BCUT2D eigenvalue weighted by Crippen LogP contribution is -2.34. The summed E-state index contributed by atoms with van der Waals surface area (Å²) in [5.74, 6) is 0.327. The molecule has 4 nitrogen and oxygen atoms in total. The van der Waals surface area contributed by atoms with Crippen molar-refractivity contribution in [3.05, 3.63) is 35.6 Å². The van der Waals surface area contributed by atoms with Gasteiger partial charge in [-0.3, -0.25) is 9.79 Å². The van der Waals surface area contributed by atoms with Crippen LogP contribution in [0.5, 0.6) is 0 Å². The first-order chi connectivity index (χ1) is 8.23. The molecule has 0 saturated heterocycles. The van der Waals surface area contributed by atoms with Crippen LogP contribution in [0.3, 0.4) is 0 Å². The highest BCUT2D eigenvalue weighted by molar-refractivity contribution is 5.95. The molecule has 0 spiro atoms. The fourth-order valence-electron chi connectivity index (χ4n) is 1.99. The van der Waals surface area contributed by atoms with Crippen molar-refractivity contribution in [3.8, 4) is 0 Å². The van der Waals surface area contributed by atoms with Crippen molar-refractivity contribution >= 4 is 12.3 Å². The third-order valence-corrected chi connectivity index (χ3v) is 3.03. The van der Waals surface area contributed by atoms with Gasteiger partial charge in [-0.15, -0.1) is 0 Å². The molecule has 2 rings (SSSR count). The molecule has 1 aromatic carbocycles. The molecule has 1 saturated carbocycles. The summed E-state index contributed by atoms with van der Waals surface area (Å²) in [5.41, 5.74) is 3.24. The van der Waals surface area contributed by atoms with Crippen LogP contribution in [-0.2, 0) is 15.0 Å². The SMILES string of the molecule is CN=C(NOC=O)C1(c2ccc(F)cc2)CC1. The van der Waals surface area contributed by atoms with Gasteiger partial charge < -0.3 is 4.84 Å². The molecule has 1 aliphatic rings. The van der Waals surface area contributed by atoms with Crippen LogP contribution in [0, 0.1) is 5.82 Å². The summed E-state index contributed by atoms with van der Waals surface area (Å²) in [6.45, 7) is 0.311. The van der Waals surface area contributed by atoms with Crippen LogP contribution in [0.15, 0.2) is 29.3 Å². The van der Waals surface area contributed by atoms with E-state index in [9.17, 15) is 9.18 Å². The summed E-state index contributed by atoms with van der Waals surface area (Å²) >= 11 is 0. The van der Waals surface area contributed by atoms with Crippen LogP contribution >= 0.6 is 0 Å². The predicted molar refractivity (Wildman–Crippen MR) is 61.0 cm³/mol. The summed E-state index contributed by atoms with van der Waals surface area (Å²) in [5, 5.41) is 0. The van der Waals surface area contributed by atoms with Gasteiger partial charge in [0, 0.05) is 7.05 Å². The highest BCUT2D eigenvalue weighted by Gasteiger charge is 2.49. The Hall–Kier alpha value is -1.91. The van der Waals surface area contributed by atoms with Crippen LogP contribution < -0.4 is 5.48 Å². The molecule has 0 atom stereocenters. The number of halogens is 1. The van der Waals surface area contributed by atoms with Gasteiger partial charge in [-0.1, -0.05) is 12.1 Å². The monoisotopic (exact) mass is 236 g/mol. The molecular weight excluding hydrogens is 223 g/mol. The Bertz CT molecular complexity index is 438. The third kappa shape index (κ3) is 2.13. The van der Waals surface area contributed by atoms with E-state index in [0.29, 0.717) is 12.3 Å². The lowest BCUT2D eigenvalue weighted by atomic mass is 9.95. The van der Waals surface area contributed by atoms with Gasteiger partial charge in [-0.25, -0.2) is 9.87 Å². The quantitative estimate of drug-likeness (QED) is 0.373. The van der Waals surface area contributed by atoms with Crippen molar-refractivity contribution in [2.24, 2.45) is 4.99 Å². The number of amidine groups is 1. The number of aliphatic imine (C=N–C) groups is 1. The third-order valence-electron chi connectivity index (χ3n) is 3.03. The number of hydrogen-bond donors (Lipinski definition) is 1. The van der Waals surface area contributed by atoms with Gasteiger partial charge in [0.2, 0.25) is 0 Å². The Morgan fingerprint density at radius 1 is 1.47 bits per heavy atom. The predicted octanol–water partition coefficient (Wildman–Crippen LogP) is 1.56. The van der Waals surface area contributed by atoms with E-state index in [1.54, 1.807) is 19.2 Å². The highest BCUT2D eigenvalue weighted by Crippen LogP contribution is 2.48. The van der Waals surface area contributed by atoms with E-state index >= 15 is 0 Å². The molecule has 1 aromatic rings. The topological polar surface area (TPSA) is 50.7 Å². The molecule has 0 bridgehead atoms. The number of hydroxylamine groups is 1. The van der Waals surface area contributed by atoms with E-state index in [-0.39, 0.29) is 11.2 Å². The van der Waals surface area contributed by atoms with E-state index in [1.807, 2.05) is 0 Å². The normalized spacial score (nSPS) is 17.4. The average Bonchev–Trinajstić information content (AvgIpc) is 3.12. The lowest BCUT2D eigenvalue weighted by Gasteiger charge is -2.18. The first kappa shape index (κ1) is 11.6. The smallest absolute Gasteiger partial charge is 0.320 e. The van der Waals surface area contributed by atoms with Gasteiger partial charge >= 0.3 is 6.47 Å². The summed E-state index contributed by atoms with van der Waals surface area (Å²) in [6.07, 6.45) is 1.81. The van der Waals surface area contributed by atoms with Crippen molar-refractivity contribution in [2.75, 3.05) is 7.05 Å². The minimum Gasteiger partial charge on any atom is -0.346 e. The van der Waals surface area contributed by atoms with Gasteiger partial charge in [0.15, 0.2) is 0 Å². The first-order valence-electron chi connectivity index (χ1n) is 5.31. The number of carbonyl (C=O) groups is 1. The van der Waals surface area contributed by atoms with Crippen LogP contribution in [0.4, 0.5) is 4.39 Å². The van der Waals surface area contributed by atoms with Gasteiger partial charge in [0.1, 0.15) is 11.7 Å². The minimum absolute atomic E-state index is 0.258. The first-order valence-corrected chi connectivity index (χ1v) is 5.31. The lowest BCUT2D eigenvalue weighted by molar-refractivity contribution is -0.132. The minimum atomic E-state index is -0.267. The number of benzene rings is 1. The summed E-state index contributed by atoms with van der Waals surface area (Å²) in [7, 11) is 1.63. The Morgan fingerprint density at radius 2 is 2.12 bits per heavy atom. The molecule has 0 unspecified atom stereocenters. The molecule has 17 heavy (non-hydrogen) atoms. The van der Waals surface area contributed by atoms with Crippen LogP contribution in [0.25, 0.3) is 0 Å². The fourth-order valence-corrected chi connectivity index (χ4v) is 1.99. The maximum absolute atomic E-state index is 12.9. The van der Waals surface area contributed by atoms with Crippen LogP contribution in [-0.4, -0.2) is 19.4 Å². The molecule has 0 amide bonds. The molecule has 90 valence electrons. The molecule has 1 fully saturated rings. The van der Waals surface area contributed by atoms with Crippen molar-refractivity contribution in [1.82, 2.24) is 5.48 Å².